The summed E-state index contributed by atoms with van der Waals surface area (Å²) in [5, 5.41) is 2.95. The van der Waals surface area contributed by atoms with Gasteiger partial charge in [-0.3, -0.25) is 4.79 Å². The van der Waals surface area contributed by atoms with E-state index in [1.807, 2.05) is 32.0 Å². The lowest BCUT2D eigenvalue weighted by Crippen LogP contribution is -2.24. The Morgan fingerprint density at radius 1 is 0.947 bits per heavy atom. The van der Waals surface area contributed by atoms with Gasteiger partial charge in [0.2, 0.25) is 0 Å². The van der Waals surface area contributed by atoms with E-state index in [9.17, 15) is 18.0 Å². The quantitative estimate of drug-likeness (QED) is 0.329. The Bertz CT molecular complexity index is 1590. The number of alkyl halides is 3. The lowest BCUT2D eigenvalue weighted by atomic mass is 9.83. The van der Waals surface area contributed by atoms with E-state index in [-0.39, 0.29) is 17.6 Å². The van der Waals surface area contributed by atoms with Gasteiger partial charge in [-0.1, -0.05) is 36.4 Å². The summed E-state index contributed by atoms with van der Waals surface area (Å²) in [6.45, 7) is 4.09. The van der Waals surface area contributed by atoms with Crippen LogP contribution in [0.5, 0.6) is 0 Å². The molecule has 0 aliphatic carbocycles. The van der Waals surface area contributed by atoms with Crippen molar-refractivity contribution in [2.45, 2.75) is 38.8 Å². The van der Waals surface area contributed by atoms with E-state index in [4.69, 9.17) is 10.5 Å². The number of aryl methyl sites for hydroxylation is 2. The van der Waals surface area contributed by atoms with Crippen molar-refractivity contribution in [2.75, 3.05) is 5.73 Å². The molecule has 5 nitrogen and oxygen atoms in total. The molecule has 0 spiro atoms. The lowest BCUT2D eigenvalue weighted by molar-refractivity contribution is -0.137. The standard InChI is InChI=1S/C30H24F3N3O2/c1-15-11-26(34)36-16(2)24(15)14-35-29(37)18-8-10-21-23(13-18)28-22-12-17(7-9-20(22)27(21)38-28)19-5-3-4-6-25(19)30(31,32)33/h3-13,27-28H,14H2,1-2H3,(H2,34,36)(H,35,37). The van der Waals surface area contributed by atoms with E-state index in [1.54, 1.807) is 30.3 Å². The summed E-state index contributed by atoms with van der Waals surface area (Å²) in [6.07, 6.45) is -5.21. The third kappa shape index (κ3) is 3.92. The average molecular weight is 516 g/mol. The van der Waals surface area contributed by atoms with Crippen LogP contribution in [0.1, 0.15) is 67.2 Å². The SMILES string of the molecule is Cc1cc(N)nc(C)c1CNC(=O)c1ccc2c(c1)C1OC2c2ccc(-c3ccccc3C(F)(F)F)cc21. The second kappa shape index (κ2) is 8.70. The van der Waals surface area contributed by atoms with Gasteiger partial charge >= 0.3 is 6.18 Å². The number of hydrogen-bond acceptors (Lipinski definition) is 4. The maximum Gasteiger partial charge on any atom is 0.417 e. The van der Waals surface area contributed by atoms with Gasteiger partial charge in [-0.2, -0.15) is 13.2 Å². The molecule has 4 aromatic rings. The van der Waals surface area contributed by atoms with Crippen LogP contribution in [0.15, 0.2) is 66.7 Å². The molecule has 2 aliphatic rings. The monoisotopic (exact) mass is 515 g/mol. The molecule has 6 rings (SSSR count). The summed E-state index contributed by atoms with van der Waals surface area (Å²) in [5.41, 5.74) is 12.4. The Morgan fingerprint density at radius 2 is 1.63 bits per heavy atom. The first-order valence-electron chi connectivity index (χ1n) is 12.2. The summed E-state index contributed by atoms with van der Waals surface area (Å²) in [6, 6.07) is 18.2. The van der Waals surface area contributed by atoms with E-state index in [1.165, 1.54) is 12.1 Å². The van der Waals surface area contributed by atoms with Crippen LogP contribution >= 0.6 is 0 Å². The molecule has 2 atom stereocenters. The highest BCUT2D eigenvalue weighted by atomic mass is 19.4. The number of fused-ring (bicyclic) bond motifs is 8. The third-order valence-corrected chi connectivity index (χ3v) is 7.38. The Hall–Kier alpha value is -4.17. The topological polar surface area (TPSA) is 77.2 Å². The van der Waals surface area contributed by atoms with E-state index in [0.29, 0.717) is 23.5 Å². The molecule has 192 valence electrons. The minimum atomic E-state index is -4.46. The number of hydrogen-bond donors (Lipinski definition) is 2. The van der Waals surface area contributed by atoms with Gasteiger partial charge in [0.05, 0.1) is 5.56 Å². The number of halogens is 3. The second-order valence-corrected chi connectivity index (χ2v) is 9.74. The predicted molar refractivity (Wildman–Crippen MR) is 137 cm³/mol. The number of benzene rings is 3. The highest BCUT2D eigenvalue weighted by Gasteiger charge is 2.43. The minimum Gasteiger partial charge on any atom is -0.384 e. The Kier molecular flexibility index (Phi) is 5.54. The van der Waals surface area contributed by atoms with Gasteiger partial charge < -0.3 is 15.8 Å². The molecule has 0 fully saturated rings. The molecule has 3 N–H and O–H groups in total. The number of carbonyl (C=O) groups is 1. The van der Waals surface area contributed by atoms with Crippen LogP contribution in [0, 0.1) is 13.8 Å². The number of nitrogen functional groups attached to an aromatic ring is 1. The van der Waals surface area contributed by atoms with Gasteiger partial charge in [-0.05, 0) is 88.7 Å². The zero-order valence-electron chi connectivity index (χ0n) is 20.7. The zero-order valence-corrected chi connectivity index (χ0v) is 20.7. The summed E-state index contributed by atoms with van der Waals surface area (Å²) in [7, 11) is 0. The molecular formula is C30H24F3N3O2. The molecule has 1 aromatic heterocycles. The number of aromatic nitrogens is 1. The molecule has 0 radical (unpaired) electrons. The second-order valence-electron chi connectivity index (χ2n) is 9.74. The number of anilines is 1. The minimum absolute atomic E-state index is 0.127. The van der Waals surface area contributed by atoms with E-state index < -0.39 is 17.8 Å². The van der Waals surface area contributed by atoms with Gasteiger partial charge in [0.25, 0.3) is 5.91 Å². The van der Waals surface area contributed by atoms with Crippen molar-refractivity contribution in [3.05, 3.63) is 117 Å². The number of rotatable bonds is 4. The fourth-order valence-electron chi connectivity index (χ4n) is 5.56. The summed E-state index contributed by atoms with van der Waals surface area (Å²) >= 11 is 0. The van der Waals surface area contributed by atoms with Crippen molar-refractivity contribution >= 4 is 11.7 Å². The van der Waals surface area contributed by atoms with Crippen LogP contribution in [0.2, 0.25) is 0 Å². The molecule has 2 bridgehead atoms. The van der Waals surface area contributed by atoms with Crippen molar-refractivity contribution < 1.29 is 22.7 Å². The Labute approximate surface area is 217 Å². The maximum atomic E-state index is 13.6. The molecule has 1 amide bonds. The van der Waals surface area contributed by atoms with Crippen LogP contribution in [0.3, 0.4) is 0 Å². The summed E-state index contributed by atoms with van der Waals surface area (Å²) in [5.74, 6) is 0.202. The van der Waals surface area contributed by atoms with Crippen molar-refractivity contribution in [1.29, 1.82) is 0 Å². The van der Waals surface area contributed by atoms with Crippen LogP contribution in [-0.4, -0.2) is 10.9 Å². The van der Waals surface area contributed by atoms with Gasteiger partial charge in [-0.15, -0.1) is 0 Å². The molecule has 38 heavy (non-hydrogen) atoms. The number of carbonyl (C=O) groups excluding carboxylic acids is 1. The number of nitrogens with zero attached hydrogens (tertiary/aromatic N) is 1. The first-order chi connectivity index (χ1) is 18.1. The number of amides is 1. The smallest absolute Gasteiger partial charge is 0.384 e. The number of nitrogens with two attached hydrogens (primary N) is 1. The molecule has 3 aromatic carbocycles. The fraction of sp³-hybridized carbons (Fsp3) is 0.200. The summed E-state index contributed by atoms with van der Waals surface area (Å²) in [4.78, 5) is 17.3. The molecule has 8 heteroatoms. The number of pyridine rings is 1. The fourth-order valence-corrected chi connectivity index (χ4v) is 5.56. The van der Waals surface area contributed by atoms with Gasteiger partial charge in [0, 0.05) is 17.8 Å². The third-order valence-electron chi connectivity index (χ3n) is 7.38. The van der Waals surface area contributed by atoms with E-state index >= 15 is 0 Å². The van der Waals surface area contributed by atoms with Crippen LogP contribution < -0.4 is 11.1 Å². The van der Waals surface area contributed by atoms with Crippen molar-refractivity contribution in [1.82, 2.24) is 10.3 Å². The predicted octanol–water partition coefficient (Wildman–Crippen LogP) is 6.42. The first-order valence-corrected chi connectivity index (χ1v) is 12.2. The molecule has 2 aliphatic heterocycles. The van der Waals surface area contributed by atoms with Gasteiger partial charge in [0.1, 0.15) is 18.0 Å². The molecular weight excluding hydrogens is 491 g/mol. The average Bonchev–Trinajstić information content (AvgIpc) is 3.44. The Morgan fingerprint density at radius 3 is 2.37 bits per heavy atom. The lowest BCUT2D eigenvalue weighted by Gasteiger charge is -2.19. The largest absolute Gasteiger partial charge is 0.417 e. The highest BCUT2D eigenvalue weighted by molar-refractivity contribution is 5.94. The van der Waals surface area contributed by atoms with Gasteiger partial charge in [-0.25, -0.2) is 4.98 Å². The zero-order chi connectivity index (χ0) is 26.8. The van der Waals surface area contributed by atoms with Crippen molar-refractivity contribution in [3.63, 3.8) is 0 Å². The molecule has 3 heterocycles. The first kappa shape index (κ1) is 24.2. The van der Waals surface area contributed by atoms with Crippen LogP contribution in [0.25, 0.3) is 11.1 Å². The van der Waals surface area contributed by atoms with Crippen LogP contribution in [0.4, 0.5) is 19.0 Å². The molecule has 0 saturated carbocycles. The van der Waals surface area contributed by atoms with Crippen LogP contribution in [-0.2, 0) is 17.5 Å². The molecule has 0 saturated heterocycles. The normalized spacial score (nSPS) is 17.3. The van der Waals surface area contributed by atoms with Crippen molar-refractivity contribution in [2.24, 2.45) is 0 Å². The highest BCUT2D eigenvalue weighted by Crippen LogP contribution is 2.55. The van der Waals surface area contributed by atoms with E-state index in [2.05, 4.69) is 10.3 Å². The van der Waals surface area contributed by atoms with Crippen molar-refractivity contribution in [3.8, 4) is 11.1 Å². The van der Waals surface area contributed by atoms with E-state index in [0.717, 1.165) is 45.1 Å². The number of nitrogens with one attached hydrogen (secondary N) is 1. The maximum absolute atomic E-state index is 13.6. The Balaban J connectivity index is 1.28. The summed E-state index contributed by atoms with van der Waals surface area (Å²) < 4.78 is 47.1. The number of ether oxygens (including phenoxy) is 1. The van der Waals surface area contributed by atoms with Gasteiger partial charge in [0.15, 0.2) is 0 Å². The molecule has 2 unspecified atom stereocenters.